The van der Waals surface area contributed by atoms with Crippen LogP contribution in [0.15, 0.2) is 30.3 Å². The fourth-order valence-electron chi connectivity index (χ4n) is 3.05. The fraction of sp³-hybridized carbons (Fsp3) is 0.647. The monoisotopic (exact) mass is 276 g/mol. The summed E-state index contributed by atoms with van der Waals surface area (Å²) >= 11 is 0. The van der Waals surface area contributed by atoms with Crippen LogP contribution in [0.5, 0.6) is 0 Å². The summed E-state index contributed by atoms with van der Waals surface area (Å²) in [6.45, 7) is 6.30. The van der Waals surface area contributed by atoms with Crippen molar-refractivity contribution in [1.29, 1.82) is 0 Å². The van der Waals surface area contributed by atoms with Gasteiger partial charge in [-0.15, -0.1) is 0 Å². The molecule has 2 atom stereocenters. The van der Waals surface area contributed by atoms with E-state index in [4.69, 9.17) is 10.5 Å². The van der Waals surface area contributed by atoms with Crippen molar-refractivity contribution in [3.63, 3.8) is 0 Å². The van der Waals surface area contributed by atoms with Crippen molar-refractivity contribution in [1.82, 2.24) is 4.90 Å². The normalized spacial score (nSPS) is 18.5. The van der Waals surface area contributed by atoms with E-state index in [-0.39, 0.29) is 6.04 Å². The van der Waals surface area contributed by atoms with Gasteiger partial charge in [-0.1, -0.05) is 44.2 Å². The average Bonchev–Trinajstić information content (AvgIpc) is 3.28. The molecule has 0 aliphatic heterocycles. The molecule has 1 fully saturated rings. The van der Waals surface area contributed by atoms with Crippen LogP contribution in [0.25, 0.3) is 0 Å². The SMILES string of the molecule is COCCN(C1CC1)C(C(C)C)C(N)c1ccccc1. The topological polar surface area (TPSA) is 38.5 Å². The number of ether oxygens (including phenoxy) is 1. The zero-order valence-corrected chi connectivity index (χ0v) is 13.0. The van der Waals surface area contributed by atoms with Gasteiger partial charge in [0, 0.05) is 31.8 Å². The molecular weight excluding hydrogens is 248 g/mol. The summed E-state index contributed by atoms with van der Waals surface area (Å²) < 4.78 is 5.28. The minimum absolute atomic E-state index is 0.0636. The number of methoxy groups -OCH3 is 1. The van der Waals surface area contributed by atoms with Gasteiger partial charge in [-0.25, -0.2) is 0 Å². The van der Waals surface area contributed by atoms with Crippen LogP contribution in [-0.2, 0) is 4.74 Å². The second-order valence-corrected chi connectivity index (χ2v) is 6.13. The highest BCUT2D eigenvalue weighted by atomic mass is 16.5. The van der Waals surface area contributed by atoms with Gasteiger partial charge in [-0.05, 0) is 24.3 Å². The molecule has 20 heavy (non-hydrogen) atoms. The maximum Gasteiger partial charge on any atom is 0.0589 e. The van der Waals surface area contributed by atoms with E-state index in [9.17, 15) is 0 Å². The summed E-state index contributed by atoms with van der Waals surface area (Å²) in [6, 6.07) is 11.6. The van der Waals surface area contributed by atoms with Gasteiger partial charge in [0.15, 0.2) is 0 Å². The van der Waals surface area contributed by atoms with Crippen LogP contribution in [-0.4, -0.2) is 37.2 Å². The fourth-order valence-corrected chi connectivity index (χ4v) is 3.05. The van der Waals surface area contributed by atoms with E-state index in [2.05, 4.69) is 43.0 Å². The van der Waals surface area contributed by atoms with Gasteiger partial charge in [-0.3, -0.25) is 4.90 Å². The average molecular weight is 276 g/mol. The molecule has 1 aliphatic rings. The number of benzene rings is 1. The third-order valence-corrected chi connectivity index (χ3v) is 4.19. The van der Waals surface area contributed by atoms with Gasteiger partial charge in [0.05, 0.1) is 6.61 Å². The first kappa shape index (κ1) is 15.5. The highest BCUT2D eigenvalue weighted by molar-refractivity contribution is 5.20. The maximum absolute atomic E-state index is 6.60. The van der Waals surface area contributed by atoms with Crippen LogP contribution in [0.4, 0.5) is 0 Å². The molecule has 1 aromatic carbocycles. The molecule has 0 bridgehead atoms. The van der Waals surface area contributed by atoms with Crippen molar-refractivity contribution in [3.8, 4) is 0 Å². The largest absolute Gasteiger partial charge is 0.383 e. The molecule has 1 saturated carbocycles. The van der Waals surface area contributed by atoms with Gasteiger partial charge in [-0.2, -0.15) is 0 Å². The van der Waals surface area contributed by atoms with Gasteiger partial charge in [0.1, 0.15) is 0 Å². The lowest BCUT2D eigenvalue weighted by Crippen LogP contribution is -2.48. The van der Waals surface area contributed by atoms with Crippen LogP contribution in [0, 0.1) is 5.92 Å². The van der Waals surface area contributed by atoms with Crippen LogP contribution in [0.2, 0.25) is 0 Å². The molecule has 112 valence electrons. The zero-order chi connectivity index (χ0) is 14.5. The molecule has 0 heterocycles. The molecule has 0 saturated heterocycles. The van der Waals surface area contributed by atoms with Crippen molar-refractivity contribution in [3.05, 3.63) is 35.9 Å². The van der Waals surface area contributed by atoms with Crippen molar-refractivity contribution in [2.24, 2.45) is 11.7 Å². The van der Waals surface area contributed by atoms with Crippen LogP contribution < -0.4 is 5.73 Å². The quantitative estimate of drug-likeness (QED) is 0.793. The van der Waals surface area contributed by atoms with Crippen LogP contribution >= 0.6 is 0 Å². The van der Waals surface area contributed by atoms with E-state index in [0.717, 1.165) is 13.2 Å². The van der Waals surface area contributed by atoms with E-state index in [1.165, 1.54) is 18.4 Å². The number of rotatable bonds is 8. The van der Waals surface area contributed by atoms with Crippen LogP contribution in [0.3, 0.4) is 0 Å². The van der Waals surface area contributed by atoms with E-state index < -0.39 is 0 Å². The first-order chi connectivity index (χ1) is 9.65. The first-order valence-electron chi connectivity index (χ1n) is 7.70. The van der Waals surface area contributed by atoms with Gasteiger partial charge < -0.3 is 10.5 Å². The number of hydrogen-bond acceptors (Lipinski definition) is 3. The third kappa shape index (κ3) is 3.81. The Morgan fingerprint density at radius 3 is 2.40 bits per heavy atom. The minimum Gasteiger partial charge on any atom is -0.383 e. The Morgan fingerprint density at radius 1 is 1.25 bits per heavy atom. The molecule has 1 aromatic rings. The lowest BCUT2D eigenvalue weighted by Gasteiger charge is -2.38. The zero-order valence-electron chi connectivity index (χ0n) is 13.0. The van der Waals surface area contributed by atoms with Crippen LogP contribution in [0.1, 0.15) is 38.3 Å². The molecule has 0 spiro atoms. The number of nitrogens with zero attached hydrogens (tertiary/aromatic N) is 1. The summed E-state index contributed by atoms with van der Waals surface area (Å²) in [5, 5.41) is 0. The molecule has 0 aromatic heterocycles. The standard InChI is InChI=1S/C17H28N2O/c1-13(2)17(16(18)14-7-5-4-6-8-14)19(11-12-20-3)15-9-10-15/h4-8,13,15-17H,9-12,18H2,1-3H3. The Balaban J connectivity index is 2.15. The molecule has 2 unspecified atom stereocenters. The Morgan fingerprint density at radius 2 is 1.90 bits per heavy atom. The molecule has 1 aliphatic carbocycles. The van der Waals surface area contributed by atoms with E-state index in [1.54, 1.807) is 7.11 Å². The summed E-state index contributed by atoms with van der Waals surface area (Å²) in [6.07, 6.45) is 2.60. The predicted molar refractivity (Wildman–Crippen MR) is 83.6 cm³/mol. The van der Waals surface area contributed by atoms with E-state index in [0.29, 0.717) is 18.0 Å². The molecule has 2 N–H and O–H groups in total. The first-order valence-corrected chi connectivity index (χ1v) is 7.70. The lowest BCUT2D eigenvalue weighted by atomic mass is 9.90. The Kier molecular flexibility index (Phi) is 5.58. The maximum atomic E-state index is 6.60. The molecular formula is C17H28N2O. The Bertz CT molecular complexity index is 389. The summed E-state index contributed by atoms with van der Waals surface area (Å²) in [7, 11) is 1.77. The highest BCUT2D eigenvalue weighted by Crippen LogP contribution is 2.34. The van der Waals surface area contributed by atoms with Crippen molar-refractivity contribution in [2.75, 3.05) is 20.3 Å². The van der Waals surface area contributed by atoms with Crippen molar-refractivity contribution >= 4 is 0 Å². The smallest absolute Gasteiger partial charge is 0.0589 e. The van der Waals surface area contributed by atoms with Crippen molar-refractivity contribution in [2.45, 2.75) is 44.8 Å². The molecule has 2 rings (SSSR count). The second-order valence-electron chi connectivity index (χ2n) is 6.13. The summed E-state index contributed by atoms with van der Waals surface area (Å²) in [5.74, 6) is 0.530. The predicted octanol–water partition coefficient (Wildman–Crippen LogP) is 2.82. The second kappa shape index (κ2) is 7.21. The number of hydrogen-bond donors (Lipinski definition) is 1. The van der Waals surface area contributed by atoms with Gasteiger partial charge >= 0.3 is 0 Å². The number of nitrogens with two attached hydrogens (primary N) is 1. The lowest BCUT2D eigenvalue weighted by molar-refractivity contribution is 0.0801. The van der Waals surface area contributed by atoms with E-state index in [1.807, 2.05) is 6.07 Å². The Labute approximate surface area is 123 Å². The molecule has 3 nitrogen and oxygen atoms in total. The Hall–Kier alpha value is -0.900. The van der Waals surface area contributed by atoms with Gasteiger partial charge in [0.2, 0.25) is 0 Å². The third-order valence-electron chi connectivity index (χ3n) is 4.19. The van der Waals surface area contributed by atoms with Gasteiger partial charge in [0.25, 0.3) is 0 Å². The molecule has 0 amide bonds. The molecule has 3 heteroatoms. The van der Waals surface area contributed by atoms with E-state index >= 15 is 0 Å². The molecule has 0 radical (unpaired) electrons. The summed E-state index contributed by atoms with van der Waals surface area (Å²) in [5.41, 5.74) is 7.83. The highest BCUT2D eigenvalue weighted by Gasteiger charge is 2.37. The summed E-state index contributed by atoms with van der Waals surface area (Å²) in [4.78, 5) is 2.58. The minimum atomic E-state index is 0.0636. The van der Waals surface area contributed by atoms with Crippen molar-refractivity contribution < 1.29 is 4.74 Å².